The minimum atomic E-state index is -0.851. The molecule has 0 radical (unpaired) electrons. The summed E-state index contributed by atoms with van der Waals surface area (Å²) in [5.41, 5.74) is 6.19. The zero-order valence-electron chi connectivity index (χ0n) is 7.68. The first kappa shape index (κ1) is 10.7. The zero-order valence-corrected chi connectivity index (χ0v) is 7.68. The summed E-state index contributed by atoms with van der Waals surface area (Å²) in [6.07, 6.45) is -0.620. The van der Waals surface area contributed by atoms with Crippen LogP contribution < -0.4 is 5.73 Å². The Labute approximate surface area is 82.0 Å². The topological polar surface area (TPSA) is 83.6 Å². The molecule has 1 aromatic rings. The molecule has 4 N–H and O–H groups in total. The summed E-state index contributed by atoms with van der Waals surface area (Å²) in [6, 6.07) is 6.77. The van der Waals surface area contributed by atoms with Crippen molar-refractivity contribution in [2.45, 2.75) is 12.5 Å². The number of aliphatic hydroxyl groups excluding tert-OH is 2. The van der Waals surface area contributed by atoms with Gasteiger partial charge >= 0.3 is 0 Å². The second-order valence-electron chi connectivity index (χ2n) is 3.06. The first-order chi connectivity index (χ1) is 6.65. The molecule has 0 saturated carbocycles. The van der Waals surface area contributed by atoms with E-state index in [9.17, 15) is 9.90 Å². The highest BCUT2D eigenvalue weighted by Crippen LogP contribution is 2.10. The second-order valence-corrected chi connectivity index (χ2v) is 3.06. The van der Waals surface area contributed by atoms with E-state index in [0.29, 0.717) is 11.1 Å². The van der Waals surface area contributed by atoms with Gasteiger partial charge in [-0.25, -0.2) is 0 Å². The lowest BCUT2D eigenvalue weighted by Gasteiger charge is -2.09. The molecule has 0 heterocycles. The van der Waals surface area contributed by atoms with E-state index in [4.69, 9.17) is 10.8 Å². The zero-order chi connectivity index (χ0) is 10.6. The minimum absolute atomic E-state index is 0.232. The SMILES string of the molecule is NC(=O)c1ccccc1C[C@H](O)CO. The molecule has 1 aromatic carbocycles. The Kier molecular flexibility index (Phi) is 3.62. The van der Waals surface area contributed by atoms with Gasteiger partial charge in [0.25, 0.3) is 0 Å². The summed E-state index contributed by atoms with van der Waals surface area (Å²) in [5.74, 6) is -0.522. The van der Waals surface area contributed by atoms with Crippen LogP contribution in [0.25, 0.3) is 0 Å². The Hall–Kier alpha value is -1.39. The largest absolute Gasteiger partial charge is 0.394 e. The van der Waals surface area contributed by atoms with Crippen molar-refractivity contribution in [3.05, 3.63) is 35.4 Å². The Morgan fingerprint density at radius 1 is 1.43 bits per heavy atom. The molecule has 76 valence electrons. The summed E-state index contributed by atoms with van der Waals surface area (Å²) >= 11 is 0. The van der Waals surface area contributed by atoms with Gasteiger partial charge in [-0.3, -0.25) is 4.79 Å². The summed E-state index contributed by atoms with van der Waals surface area (Å²) < 4.78 is 0. The Morgan fingerprint density at radius 2 is 2.07 bits per heavy atom. The molecule has 0 saturated heterocycles. The van der Waals surface area contributed by atoms with E-state index < -0.39 is 12.0 Å². The van der Waals surface area contributed by atoms with Crippen LogP contribution in [0.1, 0.15) is 15.9 Å². The number of hydrogen-bond donors (Lipinski definition) is 3. The molecule has 0 aliphatic heterocycles. The lowest BCUT2D eigenvalue weighted by atomic mass is 10.0. The maximum absolute atomic E-state index is 11.0. The van der Waals surface area contributed by atoms with E-state index in [0.717, 1.165) is 0 Å². The maximum atomic E-state index is 11.0. The fraction of sp³-hybridized carbons (Fsp3) is 0.300. The van der Waals surface area contributed by atoms with Crippen LogP contribution in [0.2, 0.25) is 0 Å². The number of carbonyl (C=O) groups excluding carboxylic acids is 1. The molecule has 0 spiro atoms. The molecule has 4 heteroatoms. The molecular formula is C10H13NO3. The van der Waals surface area contributed by atoms with Gasteiger partial charge in [0.15, 0.2) is 0 Å². The van der Waals surface area contributed by atoms with Gasteiger partial charge in [-0.2, -0.15) is 0 Å². The maximum Gasteiger partial charge on any atom is 0.248 e. The normalized spacial score (nSPS) is 12.4. The van der Waals surface area contributed by atoms with Crippen molar-refractivity contribution in [2.24, 2.45) is 5.73 Å². The van der Waals surface area contributed by atoms with Crippen LogP contribution in [0.3, 0.4) is 0 Å². The van der Waals surface area contributed by atoms with Crippen LogP contribution in [-0.2, 0) is 6.42 Å². The van der Waals surface area contributed by atoms with Crippen LogP contribution in [0, 0.1) is 0 Å². The highest BCUT2D eigenvalue weighted by Gasteiger charge is 2.10. The van der Waals surface area contributed by atoms with Crippen molar-refractivity contribution in [2.75, 3.05) is 6.61 Å². The smallest absolute Gasteiger partial charge is 0.248 e. The predicted molar refractivity (Wildman–Crippen MR) is 51.8 cm³/mol. The molecule has 0 aliphatic rings. The average Bonchev–Trinajstić information content (AvgIpc) is 2.18. The van der Waals surface area contributed by atoms with Gasteiger partial charge in [-0.1, -0.05) is 18.2 Å². The average molecular weight is 195 g/mol. The molecule has 1 rings (SSSR count). The van der Waals surface area contributed by atoms with Gasteiger partial charge in [0.2, 0.25) is 5.91 Å². The van der Waals surface area contributed by atoms with Gasteiger partial charge in [0.05, 0.1) is 12.7 Å². The van der Waals surface area contributed by atoms with Crippen LogP contribution in [0.4, 0.5) is 0 Å². The van der Waals surface area contributed by atoms with Crippen molar-refractivity contribution in [1.82, 2.24) is 0 Å². The molecule has 0 bridgehead atoms. The fourth-order valence-electron chi connectivity index (χ4n) is 1.26. The standard InChI is InChI=1S/C10H13NO3/c11-10(14)9-4-2-1-3-7(9)5-8(13)6-12/h1-4,8,12-13H,5-6H2,(H2,11,14)/t8-/m0/s1. The van der Waals surface area contributed by atoms with E-state index in [1.807, 2.05) is 0 Å². The van der Waals surface area contributed by atoms with Crippen LogP contribution >= 0.6 is 0 Å². The van der Waals surface area contributed by atoms with Crippen molar-refractivity contribution < 1.29 is 15.0 Å². The summed E-state index contributed by atoms with van der Waals surface area (Å²) in [6.45, 7) is -0.326. The van der Waals surface area contributed by atoms with Crippen molar-refractivity contribution >= 4 is 5.91 Å². The molecule has 14 heavy (non-hydrogen) atoms. The van der Waals surface area contributed by atoms with Crippen LogP contribution in [0.15, 0.2) is 24.3 Å². The van der Waals surface area contributed by atoms with E-state index in [1.54, 1.807) is 24.3 Å². The van der Waals surface area contributed by atoms with Crippen molar-refractivity contribution in [1.29, 1.82) is 0 Å². The number of aliphatic hydroxyl groups is 2. The minimum Gasteiger partial charge on any atom is -0.394 e. The van der Waals surface area contributed by atoms with Gasteiger partial charge in [0, 0.05) is 12.0 Å². The number of amides is 1. The summed E-state index contributed by atoms with van der Waals surface area (Å²) in [4.78, 5) is 11.0. The lowest BCUT2D eigenvalue weighted by Crippen LogP contribution is -2.19. The van der Waals surface area contributed by atoms with E-state index >= 15 is 0 Å². The first-order valence-corrected chi connectivity index (χ1v) is 4.31. The number of rotatable bonds is 4. The first-order valence-electron chi connectivity index (χ1n) is 4.31. The Morgan fingerprint density at radius 3 is 2.64 bits per heavy atom. The molecule has 1 atom stereocenters. The molecule has 0 unspecified atom stereocenters. The van der Waals surface area contributed by atoms with Crippen molar-refractivity contribution in [3.63, 3.8) is 0 Å². The third kappa shape index (κ3) is 2.55. The predicted octanol–water partition coefficient (Wildman–Crippen LogP) is -0.319. The molecule has 1 amide bonds. The summed E-state index contributed by atoms with van der Waals surface area (Å²) in [5, 5.41) is 17.9. The third-order valence-electron chi connectivity index (χ3n) is 1.95. The number of hydrogen-bond acceptors (Lipinski definition) is 3. The number of benzene rings is 1. The fourth-order valence-corrected chi connectivity index (χ4v) is 1.26. The van der Waals surface area contributed by atoms with Crippen LogP contribution in [-0.4, -0.2) is 28.8 Å². The third-order valence-corrected chi connectivity index (χ3v) is 1.95. The monoisotopic (exact) mass is 195 g/mol. The molecular weight excluding hydrogens is 182 g/mol. The molecule has 4 nitrogen and oxygen atoms in total. The Balaban J connectivity index is 2.90. The van der Waals surface area contributed by atoms with Crippen LogP contribution in [0.5, 0.6) is 0 Å². The molecule has 0 fully saturated rings. The lowest BCUT2D eigenvalue weighted by molar-refractivity contribution is 0.0940. The van der Waals surface area contributed by atoms with Gasteiger partial charge in [0.1, 0.15) is 0 Å². The summed E-state index contributed by atoms with van der Waals surface area (Å²) in [7, 11) is 0. The number of primary amides is 1. The van der Waals surface area contributed by atoms with E-state index in [2.05, 4.69) is 0 Å². The van der Waals surface area contributed by atoms with Crippen molar-refractivity contribution in [3.8, 4) is 0 Å². The van der Waals surface area contributed by atoms with Gasteiger partial charge < -0.3 is 15.9 Å². The second kappa shape index (κ2) is 4.74. The molecule has 0 aliphatic carbocycles. The van der Waals surface area contributed by atoms with Gasteiger partial charge in [-0.05, 0) is 11.6 Å². The number of carbonyl (C=O) groups is 1. The number of nitrogens with two attached hydrogens (primary N) is 1. The Bertz CT molecular complexity index is 325. The quantitative estimate of drug-likeness (QED) is 0.615. The van der Waals surface area contributed by atoms with E-state index in [1.165, 1.54) is 0 Å². The van der Waals surface area contributed by atoms with E-state index in [-0.39, 0.29) is 13.0 Å². The highest BCUT2D eigenvalue weighted by atomic mass is 16.3. The molecule has 0 aromatic heterocycles. The van der Waals surface area contributed by atoms with Gasteiger partial charge in [-0.15, -0.1) is 0 Å². The highest BCUT2D eigenvalue weighted by molar-refractivity contribution is 5.94.